The molecule has 0 spiro atoms. The van der Waals surface area contributed by atoms with Crippen molar-refractivity contribution in [3.8, 4) is 11.4 Å². The molecule has 0 saturated carbocycles. The molecule has 0 atom stereocenters. The average molecular weight is 355 g/mol. The monoisotopic (exact) mass is 354 g/mol. The average Bonchev–Trinajstić information content (AvgIpc) is 3.22. The van der Waals surface area contributed by atoms with E-state index in [1.54, 1.807) is 11.3 Å². The van der Waals surface area contributed by atoms with Crippen LogP contribution in [0.2, 0.25) is 0 Å². The number of nitrogens with one attached hydrogen (secondary N) is 2. The molecule has 8 heteroatoms. The van der Waals surface area contributed by atoms with E-state index in [1.165, 1.54) is 5.57 Å². The van der Waals surface area contributed by atoms with E-state index >= 15 is 0 Å². The molecule has 1 aliphatic heterocycles. The van der Waals surface area contributed by atoms with Gasteiger partial charge in [0, 0.05) is 36.9 Å². The smallest absolute Gasteiger partial charge is 0.227 e. The summed E-state index contributed by atoms with van der Waals surface area (Å²) >= 11 is 1.59. The van der Waals surface area contributed by atoms with Crippen LogP contribution in [-0.2, 0) is 11.2 Å². The molecule has 2 aromatic heterocycles. The van der Waals surface area contributed by atoms with E-state index in [0.29, 0.717) is 31.1 Å². The summed E-state index contributed by atoms with van der Waals surface area (Å²) in [6, 6.07) is 1.94. The first-order valence-electron chi connectivity index (χ1n) is 7.32. The fourth-order valence-electron chi connectivity index (χ4n) is 2.22. The van der Waals surface area contributed by atoms with Gasteiger partial charge in [-0.25, -0.2) is 0 Å². The number of thiophene rings is 1. The summed E-state index contributed by atoms with van der Waals surface area (Å²) in [6.45, 7) is 2.50. The molecule has 0 saturated heterocycles. The van der Waals surface area contributed by atoms with E-state index in [9.17, 15) is 4.79 Å². The Balaban J connectivity index is 0.00000192. The highest BCUT2D eigenvalue weighted by Crippen LogP contribution is 2.18. The Bertz CT molecular complexity index is 654. The van der Waals surface area contributed by atoms with Gasteiger partial charge >= 0.3 is 0 Å². The Labute approximate surface area is 144 Å². The van der Waals surface area contributed by atoms with Crippen LogP contribution in [0.1, 0.15) is 18.7 Å². The molecule has 6 nitrogen and oxygen atoms in total. The van der Waals surface area contributed by atoms with Crippen LogP contribution in [0.15, 0.2) is 33.0 Å². The van der Waals surface area contributed by atoms with Gasteiger partial charge in [0.25, 0.3) is 0 Å². The molecule has 0 radical (unpaired) electrons. The van der Waals surface area contributed by atoms with Gasteiger partial charge in [-0.05, 0) is 24.4 Å². The van der Waals surface area contributed by atoms with Crippen molar-refractivity contribution in [2.24, 2.45) is 0 Å². The topological polar surface area (TPSA) is 80.0 Å². The first-order chi connectivity index (χ1) is 10.8. The Kier molecular flexibility index (Phi) is 6.76. The number of carbonyl (C=O) groups is 1. The summed E-state index contributed by atoms with van der Waals surface area (Å²) in [4.78, 5) is 16.2. The maximum atomic E-state index is 11.9. The number of amides is 1. The van der Waals surface area contributed by atoms with Crippen molar-refractivity contribution >= 4 is 29.7 Å². The van der Waals surface area contributed by atoms with E-state index < -0.39 is 0 Å². The predicted octanol–water partition coefficient (Wildman–Crippen LogP) is 2.19. The van der Waals surface area contributed by atoms with Gasteiger partial charge in [0.15, 0.2) is 0 Å². The highest BCUT2D eigenvalue weighted by molar-refractivity contribution is 7.08. The lowest BCUT2D eigenvalue weighted by Crippen LogP contribution is -2.29. The molecule has 3 rings (SSSR count). The Morgan fingerprint density at radius 1 is 1.48 bits per heavy atom. The molecule has 0 aromatic carbocycles. The van der Waals surface area contributed by atoms with Crippen LogP contribution in [0, 0.1) is 0 Å². The highest BCUT2D eigenvalue weighted by atomic mass is 35.5. The number of hydrogen-bond acceptors (Lipinski definition) is 6. The van der Waals surface area contributed by atoms with Gasteiger partial charge in [0.05, 0.1) is 0 Å². The second-order valence-electron chi connectivity index (χ2n) is 5.12. The number of carbonyl (C=O) groups excluding carboxylic acids is 1. The van der Waals surface area contributed by atoms with Gasteiger partial charge in [0.2, 0.25) is 17.6 Å². The van der Waals surface area contributed by atoms with Crippen molar-refractivity contribution in [3.63, 3.8) is 0 Å². The van der Waals surface area contributed by atoms with Gasteiger partial charge in [-0.2, -0.15) is 16.3 Å². The van der Waals surface area contributed by atoms with Crippen molar-refractivity contribution in [1.29, 1.82) is 0 Å². The van der Waals surface area contributed by atoms with Crippen molar-refractivity contribution in [1.82, 2.24) is 20.8 Å². The second-order valence-corrected chi connectivity index (χ2v) is 5.90. The summed E-state index contributed by atoms with van der Waals surface area (Å²) in [5.74, 6) is 1.09. The molecular weight excluding hydrogens is 336 g/mol. The summed E-state index contributed by atoms with van der Waals surface area (Å²) in [5, 5.41) is 14.0. The normalized spacial score (nSPS) is 14.0. The Morgan fingerprint density at radius 3 is 3.13 bits per heavy atom. The van der Waals surface area contributed by atoms with Crippen LogP contribution in [0.5, 0.6) is 0 Å². The van der Waals surface area contributed by atoms with E-state index in [0.717, 1.165) is 25.1 Å². The third kappa shape index (κ3) is 5.16. The summed E-state index contributed by atoms with van der Waals surface area (Å²) in [5.41, 5.74) is 2.23. The van der Waals surface area contributed by atoms with Crippen LogP contribution < -0.4 is 10.6 Å². The van der Waals surface area contributed by atoms with Crippen molar-refractivity contribution < 1.29 is 9.32 Å². The molecule has 0 fully saturated rings. The van der Waals surface area contributed by atoms with E-state index in [1.807, 2.05) is 16.8 Å². The van der Waals surface area contributed by atoms with Crippen LogP contribution in [0.4, 0.5) is 0 Å². The van der Waals surface area contributed by atoms with Gasteiger partial charge < -0.3 is 15.2 Å². The number of aryl methyl sites for hydroxylation is 1. The zero-order valence-electron chi connectivity index (χ0n) is 12.6. The fraction of sp³-hybridized carbons (Fsp3) is 0.400. The number of rotatable bonds is 6. The van der Waals surface area contributed by atoms with Crippen LogP contribution >= 0.6 is 23.7 Å². The lowest BCUT2D eigenvalue weighted by molar-refractivity contribution is -0.121. The maximum absolute atomic E-state index is 11.9. The van der Waals surface area contributed by atoms with Crippen molar-refractivity contribution in [2.45, 2.75) is 19.3 Å². The van der Waals surface area contributed by atoms with Crippen molar-refractivity contribution in [3.05, 3.63) is 34.4 Å². The van der Waals surface area contributed by atoms with E-state index in [2.05, 4.69) is 26.9 Å². The molecule has 0 aliphatic carbocycles. The molecule has 23 heavy (non-hydrogen) atoms. The SMILES string of the molecule is Cl.O=C(CCc1nc(-c2ccsc2)no1)NCC1=CCNCC1. The van der Waals surface area contributed by atoms with Crippen LogP contribution in [0.25, 0.3) is 11.4 Å². The Morgan fingerprint density at radius 2 is 2.39 bits per heavy atom. The molecule has 1 amide bonds. The fourth-order valence-corrected chi connectivity index (χ4v) is 2.85. The zero-order valence-corrected chi connectivity index (χ0v) is 14.2. The van der Waals surface area contributed by atoms with E-state index in [4.69, 9.17) is 4.52 Å². The molecule has 1 aliphatic rings. The first kappa shape index (κ1) is 17.7. The standard InChI is InChI=1S/C15H18N4O2S.ClH/c20-13(17-9-11-3-6-16-7-4-11)1-2-14-18-15(19-21-14)12-5-8-22-10-12;/h3,5,8,10,16H,1-2,4,6-7,9H2,(H,17,20);1H. The quantitative estimate of drug-likeness (QED) is 0.777. The second kappa shape index (κ2) is 8.81. The lowest BCUT2D eigenvalue weighted by atomic mass is 10.1. The van der Waals surface area contributed by atoms with Gasteiger partial charge in [-0.3, -0.25) is 4.79 Å². The molecule has 124 valence electrons. The molecule has 3 heterocycles. The Hall–Kier alpha value is -1.70. The number of nitrogens with zero attached hydrogens (tertiary/aromatic N) is 2. The minimum atomic E-state index is 0. The minimum absolute atomic E-state index is 0. The largest absolute Gasteiger partial charge is 0.352 e. The summed E-state index contributed by atoms with van der Waals surface area (Å²) in [7, 11) is 0. The van der Waals surface area contributed by atoms with Crippen LogP contribution in [0.3, 0.4) is 0 Å². The predicted molar refractivity (Wildman–Crippen MR) is 91.8 cm³/mol. The maximum Gasteiger partial charge on any atom is 0.227 e. The summed E-state index contributed by atoms with van der Waals surface area (Å²) < 4.78 is 5.18. The van der Waals surface area contributed by atoms with Gasteiger partial charge in [0.1, 0.15) is 0 Å². The van der Waals surface area contributed by atoms with Gasteiger partial charge in [-0.1, -0.05) is 16.8 Å². The number of halogens is 1. The van der Waals surface area contributed by atoms with Gasteiger partial charge in [-0.15, -0.1) is 12.4 Å². The lowest BCUT2D eigenvalue weighted by Gasteiger charge is -2.14. The van der Waals surface area contributed by atoms with Crippen molar-refractivity contribution in [2.75, 3.05) is 19.6 Å². The minimum Gasteiger partial charge on any atom is -0.352 e. The van der Waals surface area contributed by atoms with Crippen LogP contribution in [-0.4, -0.2) is 35.7 Å². The summed E-state index contributed by atoms with van der Waals surface area (Å²) in [6.07, 6.45) is 3.95. The van der Waals surface area contributed by atoms with E-state index in [-0.39, 0.29) is 18.3 Å². The first-order valence-corrected chi connectivity index (χ1v) is 8.26. The third-order valence-electron chi connectivity index (χ3n) is 3.48. The highest BCUT2D eigenvalue weighted by Gasteiger charge is 2.11. The molecule has 0 bridgehead atoms. The number of hydrogen-bond donors (Lipinski definition) is 2. The zero-order chi connectivity index (χ0) is 15.2. The molecular formula is C15H19ClN4O2S. The third-order valence-corrected chi connectivity index (χ3v) is 4.17. The molecule has 2 aromatic rings. The molecule has 0 unspecified atom stereocenters. The molecule has 2 N–H and O–H groups in total. The number of aromatic nitrogens is 2.